The molecule has 5 heteroatoms. The van der Waals surface area contributed by atoms with Crippen molar-refractivity contribution in [2.24, 2.45) is 5.92 Å². The molecule has 1 atom stereocenters. The molecule has 0 aliphatic rings. The molecule has 1 aromatic rings. The van der Waals surface area contributed by atoms with Crippen LogP contribution in [-0.4, -0.2) is 29.3 Å². The first kappa shape index (κ1) is 14.4. The molecule has 1 unspecified atom stereocenters. The maximum atomic E-state index is 12.9. The molecule has 0 amide bonds. The molecule has 100 valence electrons. The first-order valence-electron chi connectivity index (χ1n) is 5.92. The number of hydrogen-bond acceptors (Lipinski definition) is 3. The van der Waals surface area contributed by atoms with Crippen LogP contribution in [0.5, 0.6) is 0 Å². The molecule has 0 aliphatic carbocycles. The second-order valence-electron chi connectivity index (χ2n) is 4.35. The van der Waals surface area contributed by atoms with Gasteiger partial charge in [-0.1, -0.05) is 6.92 Å². The minimum atomic E-state index is -1.15. The molecule has 0 aromatic heterocycles. The lowest BCUT2D eigenvalue weighted by atomic mass is 10.1. The van der Waals surface area contributed by atoms with Crippen LogP contribution >= 0.6 is 0 Å². The summed E-state index contributed by atoms with van der Waals surface area (Å²) >= 11 is 0. The molecule has 0 bridgehead atoms. The fourth-order valence-electron chi connectivity index (χ4n) is 1.61. The summed E-state index contributed by atoms with van der Waals surface area (Å²) in [4.78, 5) is 10.9. The smallest absolute Gasteiger partial charge is 0.337 e. The van der Waals surface area contributed by atoms with E-state index < -0.39 is 11.8 Å². The Kier molecular flexibility index (Phi) is 5.58. The Hall–Kier alpha value is -1.62. The molecule has 18 heavy (non-hydrogen) atoms. The zero-order valence-electron chi connectivity index (χ0n) is 10.3. The van der Waals surface area contributed by atoms with E-state index in [-0.39, 0.29) is 18.1 Å². The minimum Gasteiger partial charge on any atom is -0.478 e. The summed E-state index contributed by atoms with van der Waals surface area (Å²) in [6.45, 7) is 2.69. The molecule has 4 nitrogen and oxygen atoms in total. The highest BCUT2D eigenvalue weighted by atomic mass is 19.1. The summed E-state index contributed by atoms with van der Waals surface area (Å²) in [7, 11) is 0. The van der Waals surface area contributed by atoms with Crippen LogP contribution in [0.1, 0.15) is 30.1 Å². The number of aromatic carboxylic acids is 1. The number of carboxylic acid groups (broad SMARTS) is 1. The highest BCUT2D eigenvalue weighted by Gasteiger charge is 2.10. The number of carboxylic acids is 1. The molecule has 0 saturated carbocycles. The average molecular weight is 255 g/mol. The van der Waals surface area contributed by atoms with Gasteiger partial charge in [0.25, 0.3) is 0 Å². The number of nitrogens with one attached hydrogen (secondary N) is 1. The fraction of sp³-hybridized carbons (Fsp3) is 0.462. The number of benzene rings is 1. The van der Waals surface area contributed by atoms with Crippen LogP contribution in [0, 0.1) is 11.7 Å². The van der Waals surface area contributed by atoms with Gasteiger partial charge in [-0.25, -0.2) is 9.18 Å². The van der Waals surface area contributed by atoms with Crippen molar-refractivity contribution in [3.8, 4) is 0 Å². The van der Waals surface area contributed by atoms with Crippen molar-refractivity contribution in [2.45, 2.75) is 19.8 Å². The summed E-state index contributed by atoms with van der Waals surface area (Å²) < 4.78 is 12.9. The first-order chi connectivity index (χ1) is 8.54. The van der Waals surface area contributed by atoms with Gasteiger partial charge in [-0.3, -0.25) is 0 Å². The lowest BCUT2D eigenvalue weighted by Crippen LogP contribution is -2.10. The van der Waals surface area contributed by atoms with Gasteiger partial charge in [0.15, 0.2) is 0 Å². The molecular formula is C13H18FNO3. The number of aliphatic hydroxyl groups is 1. The molecule has 0 aliphatic heterocycles. The van der Waals surface area contributed by atoms with Crippen molar-refractivity contribution in [1.82, 2.24) is 0 Å². The van der Waals surface area contributed by atoms with E-state index in [1.54, 1.807) is 0 Å². The van der Waals surface area contributed by atoms with E-state index >= 15 is 0 Å². The highest BCUT2D eigenvalue weighted by molar-refractivity contribution is 5.94. The molecule has 0 fully saturated rings. The van der Waals surface area contributed by atoms with Gasteiger partial charge in [0.05, 0.1) is 5.56 Å². The van der Waals surface area contributed by atoms with Gasteiger partial charge in [-0.2, -0.15) is 0 Å². The number of carbonyl (C=O) groups is 1. The zero-order chi connectivity index (χ0) is 13.5. The molecule has 3 N–H and O–H groups in total. The topological polar surface area (TPSA) is 69.6 Å². The van der Waals surface area contributed by atoms with Crippen molar-refractivity contribution in [1.29, 1.82) is 0 Å². The van der Waals surface area contributed by atoms with E-state index in [2.05, 4.69) is 5.32 Å². The van der Waals surface area contributed by atoms with Gasteiger partial charge >= 0.3 is 5.97 Å². The fourth-order valence-corrected chi connectivity index (χ4v) is 1.61. The summed E-state index contributed by atoms with van der Waals surface area (Å²) in [5.41, 5.74) is 0.353. The van der Waals surface area contributed by atoms with E-state index in [0.717, 1.165) is 18.9 Å². The molecule has 0 radical (unpaired) electrons. The Balaban J connectivity index is 2.54. The highest BCUT2D eigenvalue weighted by Crippen LogP contribution is 2.17. The molecular weight excluding hydrogens is 237 g/mol. The third-order valence-corrected chi connectivity index (χ3v) is 2.71. The number of halogens is 1. The van der Waals surface area contributed by atoms with Crippen LogP contribution in [0.2, 0.25) is 0 Å². The van der Waals surface area contributed by atoms with Crippen LogP contribution in [-0.2, 0) is 0 Å². The minimum absolute atomic E-state index is 0.0646. The lowest BCUT2D eigenvalue weighted by molar-refractivity contribution is 0.0697. The molecule has 1 rings (SSSR count). The van der Waals surface area contributed by atoms with Gasteiger partial charge in [-0.15, -0.1) is 0 Å². The Morgan fingerprint density at radius 3 is 2.83 bits per heavy atom. The van der Waals surface area contributed by atoms with Crippen LogP contribution in [0.4, 0.5) is 10.1 Å². The van der Waals surface area contributed by atoms with Crippen molar-refractivity contribution in [3.63, 3.8) is 0 Å². The quantitative estimate of drug-likeness (QED) is 0.654. The second-order valence-corrected chi connectivity index (χ2v) is 4.35. The van der Waals surface area contributed by atoms with Crippen LogP contribution in [0.15, 0.2) is 18.2 Å². The van der Waals surface area contributed by atoms with Gasteiger partial charge < -0.3 is 15.5 Å². The average Bonchev–Trinajstić information content (AvgIpc) is 2.35. The van der Waals surface area contributed by atoms with Crippen molar-refractivity contribution in [2.75, 3.05) is 18.5 Å². The Morgan fingerprint density at radius 2 is 2.22 bits per heavy atom. The normalized spacial score (nSPS) is 12.2. The van der Waals surface area contributed by atoms with Crippen LogP contribution in [0.3, 0.4) is 0 Å². The SMILES string of the molecule is CC(CO)CCCNc1ccc(F)cc1C(=O)O. The van der Waals surface area contributed by atoms with Gasteiger partial charge in [0.1, 0.15) is 5.82 Å². The van der Waals surface area contributed by atoms with Crippen LogP contribution in [0.25, 0.3) is 0 Å². The molecule has 0 saturated heterocycles. The Bertz CT molecular complexity index is 409. The summed E-state index contributed by atoms with van der Waals surface area (Å²) in [6, 6.07) is 3.65. The summed E-state index contributed by atoms with van der Waals surface area (Å²) in [5.74, 6) is -1.48. The maximum absolute atomic E-state index is 12.9. The maximum Gasteiger partial charge on any atom is 0.337 e. The van der Waals surface area contributed by atoms with Gasteiger partial charge in [0.2, 0.25) is 0 Å². The van der Waals surface area contributed by atoms with Crippen molar-refractivity contribution >= 4 is 11.7 Å². The second kappa shape index (κ2) is 6.96. The number of anilines is 1. The summed E-state index contributed by atoms with van der Waals surface area (Å²) in [5, 5.41) is 20.8. The third-order valence-electron chi connectivity index (χ3n) is 2.71. The zero-order valence-corrected chi connectivity index (χ0v) is 10.3. The molecule has 1 aromatic carbocycles. The van der Waals surface area contributed by atoms with E-state index in [1.807, 2.05) is 6.92 Å². The van der Waals surface area contributed by atoms with Crippen molar-refractivity contribution < 1.29 is 19.4 Å². The van der Waals surface area contributed by atoms with Crippen LogP contribution < -0.4 is 5.32 Å². The van der Waals surface area contributed by atoms with E-state index in [4.69, 9.17) is 10.2 Å². The standard InChI is InChI=1S/C13H18FNO3/c1-9(8-16)3-2-6-15-12-5-4-10(14)7-11(12)13(17)18/h4-5,7,9,15-16H,2-3,6,8H2,1H3,(H,17,18). The number of hydrogen-bond donors (Lipinski definition) is 3. The molecule has 0 heterocycles. The van der Waals surface area contributed by atoms with E-state index in [9.17, 15) is 9.18 Å². The summed E-state index contributed by atoms with van der Waals surface area (Å²) in [6.07, 6.45) is 1.67. The Morgan fingerprint density at radius 1 is 1.50 bits per heavy atom. The van der Waals surface area contributed by atoms with Crippen molar-refractivity contribution in [3.05, 3.63) is 29.6 Å². The number of aliphatic hydroxyl groups excluding tert-OH is 1. The number of rotatable bonds is 7. The monoisotopic (exact) mass is 255 g/mol. The Labute approximate surface area is 105 Å². The first-order valence-corrected chi connectivity index (χ1v) is 5.92. The van der Waals surface area contributed by atoms with Gasteiger partial charge in [-0.05, 0) is 37.0 Å². The van der Waals surface area contributed by atoms with E-state index in [1.165, 1.54) is 12.1 Å². The molecule has 0 spiro atoms. The predicted octanol–water partition coefficient (Wildman–Crippen LogP) is 2.34. The predicted molar refractivity (Wildman–Crippen MR) is 67.3 cm³/mol. The largest absolute Gasteiger partial charge is 0.478 e. The third kappa shape index (κ3) is 4.33. The lowest BCUT2D eigenvalue weighted by Gasteiger charge is -2.11. The van der Waals surface area contributed by atoms with Gasteiger partial charge in [0, 0.05) is 18.8 Å². The van der Waals surface area contributed by atoms with E-state index in [0.29, 0.717) is 12.2 Å².